The molecule has 2 nitrogen and oxygen atoms in total. The maximum absolute atomic E-state index is 3.12. The summed E-state index contributed by atoms with van der Waals surface area (Å²) in [6.07, 6.45) is 3.94. The van der Waals surface area contributed by atoms with Crippen LogP contribution >= 0.6 is 0 Å². The zero-order valence-electron chi connectivity index (χ0n) is 6.10. The first kappa shape index (κ1) is 6.20. The highest BCUT2D eigenvalue weighted by Gasteiger charge is 2.01. The van der Waals surface area contributed by atoms with Gasteiger partial charge >= 0.3 is 0 Å². The molecule has 1 heterocycles. The topological polar surface area (TPSA) is 15.3 Å². The highest BCUT2D eigenvalue weighted by atomic mass is 15.1. The molecule has 0 amide bonds. The minimum absolute atomic E-state index is 1.22. The van der Waals surface area contributed by atoms with Gasteiger partial charge in [-0.1, -0.05) is 0 Å². The molecule has 0 spiro atoms. The van der Waals surface area contributed by atoms with Crippen LogP contribution in [0.5, 0.6) is 0 Å². The Morgan fingerprint density at radius 2 is 2.11 bits per heavy atom. The van der Waals surface area contributed by atoms with Crippen molar-refractivity contribution in [3.8, 4) is 0 Å². The van der Waals surface area contributed by atoms with Gasteiger partial charge in [0.25, 0.3) is 0 Å². The molecular weight excluding hydrogens is 112 g/mol. The van der Waals surface area contributed by atoms with Gasteiger partial charge in [-0.25, -0.2) is 0 Å². The molecule has 1 rings (SSSR count). The normalized spacial score (nSPS) is 18.3. The monoisotopic (exact) mass is 124 g/mol. The van der Waals surface area contributed by atoms with Crippen LogP contribution in [0, 0.1) is 0 Å². The van der Waals surface area contributed by atoms with Crippen molar-refractivity contribution in [2.24, 2.45) is 0 Å². The number of allylic oxidation sites excluding steroid dienone is 2. The van der Waals surface area contributed by atoms with Gasteiger partial charge in [0.05, 0.1) is 0 Å². The number of hydrogen-bond acceptors (Lipinski definition) is 2. The fraction of sp³-hybridized carbons (Fsp3) is 0.429. The SMILES string of the molecule is CC1=C(C)N(C)C=CN1. The van der Waals surface area contributed by atoms with Gasteiger partial charge in [0.15, 0.2) is 0 Å². The molecule has 2 heteroatoms. The quantitative estimate of drug-likeness (QED) is 0.522. The molecule has 1 aliphatic heterocycles. The predicted molar refractivity (Wildman–Crippen MR) is 38.4 cm³/mol. The fourth-order valence-electron chi connectivity index (χ4n) is 0.755. The molecule has 0 atom stereocenters. The lowest BCUT2D eigenvalue weighted by molar-refractivity contribution is 0.538. The Balaban J connectivity index is 2.79. The van der Waals surface area contributed by atoms with Gasteiger partial charge in [0.2, 0.25) is 0 Å². The average molecular weight is 124 g/mol. The molecule has 0 aromatic carbocycles. The van der Waals surface area contributed by atoms with Crippen molar-refractivity contribution < 1.29 is 0 Å². The largest absolute Gasteiger partial charge is 0.363 e. The first-order chi connectivity index (χ1) is 4.22. The summed E-state index contributed by atoms with van der Waals surface area (Å²) in [7, 11) is 2.04. The smallest absolute Gasteiger partial charge is 0.0332 e. The summed E-state index contributed by atoms with van der Waals surface area (Å²) >= 11 is 0. The number of rotatable bonds is 0. The van der Waals surface area contributed by atoms with Crippen LogP contribution in [0.1, 0.15) is 13.8 Å². The average Bonchev–Trinajstić information content (AvgIpc) is 1.83. The molecule has 9 heavy (non-hydrogen) atoms. The van der Waals surface area contributed by atoms with Gasteiger partial charge in [-0.15, -0.1) is 0 Å². The minimum atomic E-state index is 1.22. The first-order valence-corrected chi connectivity index (χ1v) is 3.05. The number of hydrogen-bond donors (Lipinski definition) is 1. The van der Waals surface area contributed by atoms with E-state index in [0.29, 0.717) is 0 Å². The van der Waals surface area contributed by atoms with Gasteiger partial charge in [-0.05, 0) is 13.8 Å². The summed E-state index contributed by atoms with van der Waals surface area (Å²) in [6.45, 7) is 4.15. The molecule has 50 valence electrons. The Morgan fingerprint density at radius 1 is 1.44 bits per heavy atom. The van der Waals surface area contributed by atoms with Gasteiger partial charge in [0, 0.05) is 30.8 Å². The summed E-state index contributed by atoms with van der Waals surface area (Å²) < 4.78 is 0. The maximum Gasteiger partial charge on any atom is 0.0332 e. The minimum Gasteiger partial charge on any atom is -0.363 e. The third kappa shape index (κ3) is 1.07. The van der Waals surface area contributed by atoms with Crippen LogP contribution in [0.3, 0.4) is 0 Å². The van der Waals surface area contributed by atoms with E-state index in [1.165, 1.54) is 11.4 Å². The lowest BCUT2D eigenvalue weighted by atomic mass is 10.3. The molecule has 1 N–H and O–H groups in total. The van der Waals surface area contributed by atoms with E-state index in [0.717, 1.165) is 0 Å². The summed E-state index contributed by atoms with van der Waals surface area (Å²) in [4.78, 5) is 2.09. The highest BCUT2D eigenvalue weighted by Crippen LogP contribution is 2.08. The van der Waals surface area contributed by atoms with E-state index in [-0.39, 0.29) is 0 Å². The van der Waals surface area contributed by atoms with Crippen molar-refractivity contribution in [2.45, 2.75) is 13.8 Å². The molecule has 1 aliphatic rings. The van der Waals surface area contributed by atoms with Gasteiger partial charge in [-0.3, -0.25) is 0 Å². The lowest BCUT2D eigenvalue weighted by Gasteiger charge is -2.21. The van der Waals surface area contributed by atoms with Crippen LogP contribution in [0.25, 0.3) is 0 Å². The fourth-order valence-corrected chi connectivity index (χ4v) is 0.755. The van der Waals surface area contributed by atoms with E-state index in [4.69, 9.17) is 0 Å². The predicted octanol–water partition coefficient (Wildman–Crippen LogP) is 1.24. The molecule has 0 aliphatic carbocycles. The van der Waals surface area contributed by atoms with Crippen LogP contribution in [0.4, 0.5) is 0 Å². The summed E-state index contributed by atoms with van der Waals surface area (Å²) in [5, 5.41) is 3.12. The van der Waals surface area contributed by atoms with Crippen molar-refractivity contribution in [1.82, 2.24) is 10.2 Å². The van der Waals surface area contributed by atoms with Crippen LogP contribution in [-0.2, 0) is 0 Å². The number of nitrogens with one attached hydrogen (secondary N) is 1. The highest BCUT2D eigenvalue weighted by molar-refractivity contribution is 5.15. The van der Waals surface area contributed by atoms with Crippen molar-refractivity contribution in [2.75, 3.05) is 7.05 Å². The molecule has 0 saturated carbocycles. The summed E-state index contributed by atoms with van der Waals surface area (Å²) in [6, 6.07) is 0. The molecule has 0 unspecified atom stereocenters. The molecule has 0 saturated heterocycles. The van der Waals surface area contributed by atoms with Crippen LogP contribution < -0.4 is 5.32 Å². The zero-order valence-corrected chi connectivity index (χ0v) is 6.10. The Bertz CT molecular complexity index is 168. The second-order valence-corrected chi connectivity index (χ2v) is 2.28. The zero-order chi connectivity index (χ0) is 6.85. The van der Waals surface area contributed by atoms with Crippen LogP contribution in [-0.4, -0.2) is 11.9 Å². The van der Waals surface area contributed by atoms with E-state index in [9.17, 15) is 0 Å². The Kier molecular flexibility index (Phi) is 1.47. The van der Waals surface area contributed by atoms with Crippen molar-refractivity contribution in [3.63, 3.8) is 0 Å². The van der Waals surface area contributed by atoms with Gasteiger partial charge in [0.1, 0.15) is 0 Å². The van der Waals surface area contributed by atoms with E-state index in [2.05, 4.69) is 24.1 Å². The van der Waals surface area contributed by atoms with Gasteiger partial charge < -0.3 is 10.2 Å². The van der Waals surface area contributed by atoms with E-state index in [1.54, 1.807) is 0 Å². The second-order valence-electron chi connectivity index (χ2n) is 2.28. The lowest BCUT2D eigenvalue weighted by Crippen LogP contribution is -2.20. The standard InChI is InChI=1S/C7H12N2/c1-6-7(2)9(3)5-4-8-6/h4-5,8H,1-3H3. The van der Waals surface area contributed by atoms with E-state index < -0.39 is 0 Å². The third-order valence-electron chi connectivity index (χ3n) is 1.67. The molecule has 0 aromatic heterocycles. The molecule has 0 fully saturated rings. The van der Waals surface area contributed by atoms with Crippen molar-refractivity contribution in [1.29, 1.82) is 0 Å². The molecule has 0 radical (unpaired) electrons. The Morgan fingerprint density at radius 3 is 2.56 bits per heavy atom. The van der Waals surface area contributed by atoms with E-state index >= 15 is 0 Å². The second kappa shape index (κ2) is 2.13. The molecule has 0 aromatic rings. The van der Waals surface area contributed by atoms with Crippen LogP contribution in [0.15, 0.2) is 23.8 Å². The van der Waals surface area contributed by atoms with Crippen LogP contribution in [0.2, 0.25) is 0 Å². The third-order valence-corrected chi connectivity index (χ3v) is 1.67. The van der Waals surface area contributed by atoms with E-state index in [1.807, 2.05) is 19.4 Å². The van der Waals surface area contributed by atoms with Gasteiger partial charge in [-0.2, -0.15) is 0 Å². The molecular formula is C7H12N2. The van der Waals surface area contributed by atoms with Crippen molar-refractivity contribution >= 4 is 0 Å². The first-order valence-electron chi connectivity index (χ1n) is 3.05. The Labute approximate surface area is 55.9 Å². The summed E-state index contributed by atoms with van der Waals surface area (Å²) in [5.41, 5.74) is 2.50. The number of nitrogens with zero attached hydrogens (tertiary/aromatic N) is 1. The maximum atomic E-state index is 3.12. The molecule has 0 bridgehead atoms. The Hall–Kier alpha value is -0.920. The van der Waals surface area contributed by atoms with Crippen molar-refractivity contribution in [3.05, 3.63) is 23.8 Å². The summed E-state index contributed by atoms with van der Waals surface area (Å²) in [5.74, 6) is 0.